The summed E-state index contributed by atoms with van der Waals surface area (Å²) in [5.74, 6) is -0.723. The summed E-state index contributed by atoms with van der Waals surface area (Å²) in [5, 5.41) is 0. The average Bonchev–Trinajstić information content (AvgIpc) is 3.23. The van der Waals surface area contributed by atoms with Gasteiger partial charge in [-0.25, -0.2) is 0 Å². The molecule has 3 fully saturated rings. The highest BCUT2D eigenvalue weighted by Gasteiger charge is 2.49. The van der Waals surface area contributed by atoms with Crippen molar-refractivity contribution in [3.05, 3.63) is 35.9 Å². The Kier molecular flexibility index (Phi) is 4.32. The molecule has 3 atom stereocenters. The van der Waals surface area contributed by atoms with Crippen molar-refractivity contribution < 1.29 is 14.4 Å². The van der Waals surface area contributed by atoms with Gasteiger partial charge in [-0.15, -0.1) is 0 Å². The second-order valence-electron chi connectivity index (χ2n) is 7.42. The maximum absolute atomic E-state index is 12.9. The van der Waals surface area contributed by atoms with Crippen molar-refractivity contribution >= 4 is 17.7 Å². The van der Waals surface area contributed by atoms with Gasteiger partial charge in [0.1, 0.15) is 6.54 Å². The number of nitrogens with zero attached hydrogens (tertiary/aromatic N) is 2. The van der Waals surface area contributed by atoms with Crippen molar-refractivity contribution in [2.24, 2.45) is 11.8 Å². The third kappa shape index (κ3) is 2.86. The van der Waals surface area contributed by atoms with Gasteiger partial charge < -0.3 is 4.90 Å². The Bertz CT molecular complexity index is 663. The van der Waals surface area contributed by atoms with E-state index in [1.54, 1.807) is 0 Å². The van der Waals surface area contributed by atoms with Gasteiger partial charge in [0.05, 0.1) is 17.9 Å². The Labute approximate surface area is 148 Å². The standard InChI is InChI=1S/C20H24N2O3/c23-18(21-12-6-11-17(21)14-7-2-1-3-8-14)13-22-19(24)15-9-4-5-10-16(15)20(22)25/h1-3,7-8,15-17H,4-6,9-13H2/t15-,16+,17-/m0/s1. The average molecular weight is 340 g/mol. The summed E-state index contributed by atoms with van der Waals surface area (Å²) < 4.78 is 0. The first-order chi connectivity index (χ1) is 12.2. The molecule has 0 aromatic heterocycles. The van der Waals surface area contributed by atoms with Gasteiger partial charge in [0.25, 0.3) is 0 Å². The van der Waals surface area contributed by atoms with E-state index in [0.29, 0.717) is 6.54 Å². The van der Waals surface area contributed by atoms with Gasteiger partial charge in [-0.3, -0.25) is 19.3 Å². The van der Waals surface area contributed by atoms with Crippen LogP contribution in [0.5, 0.6) is 0 Å². The summed E-state index contributed by atoms with van der Waals surface area (Å²) in [6.07, 6.45) is 5.47. The molecule has 1 aromatic carbocycles. The van der Waals surface area contributed by atoms with Gasteiger partial charge >= 0.3 is 0 Å². The Morgan fingerprint density at radius 3 is 2.20 bits per heavy atom. The van der Waals surface area contributed by atoms with Crippen LogP contribution in [0.15, 0.2) is 30.3 Å². The molecule has 4 rings (SSSR count). The molecule has 2 saturated heterocycles. The molecule has 132 valence electrons. The zero-order chi connectivity index (χ0) is 17.4. The fourth-order valence-electron chi connectivity index (χ4n) is 4.70. The molecule has 5 nitrogen and oxygen atoms in total. The van der Waals surface area contributed by atoms with Crippen molar-refractivity contribution in [1.82, 2.24) is 9.80 Å². The third-order valence-electron chi connectivity index (χ3n) is 5.98. The predicted octanol–water partition coefficient (Wildman–Crippen LogP) is 2.53. The first-order valence-corrected chi connectivity index (χ1v) is 9.36. The van der Waals surface area contributed by atoms with Crippen LogP contribution in [0, 0.1) is 11.8 Å². The molecule has 0 spiro atoms. The van der Waals surface area contributed by atoms with Crippen molar-refractivity contribution in [3.63, 3.8) is 0 Å². The normalized spacial score (nSPS) is 29.2. The molecular weight excluding hydrogens is 316 g/mol. The molecule has 1 aliphatic carbocycles. The second kappa shape index (κ2) is 6.62. The Balaban J connectivity index is 1.48. The van der Waals surface area contributed by atoms with Gasteiger partial charge in [0.15, 0.2) is 0 Å². The maximum Gasteiger partial charge on any atom is 0.243 e. The number of hydrogen-bond donors (Lipinski definition) is 0. The summed E-state index contributed by atoms with van der Waals surface area (Å²) in [6.45, 7) is 0.607. The monoisotopic (exact) mass is 340 g/mol. The summed E-state index contributed by atoms with van der Waals surface area (Å²) in [5.41, 5.74) is 1.13. The van der Waals surface area contributed by atoms with E-state index in [9.17, 15) is 14.4 Å². The topological polar surface area (TPSA) is 57.7 Å². The van der Waals surface area contributed by atoms with E-state index in [1.165, 1.54) is 4.90 Å². The van der Waals surface area contributed by atoms with Gasteiger partial charge in [-0.2, -0.15) is 0 Å². The summed E-state index contributed by atoms with van der Waals surface area (Å²) in [7, 11) is 0. The molecule has 0 unspecified atom stereocenters. The quantitative estimate of drug-likeness (QED) is 0.795. The van der Waals surface area contributed by atoms with Crippen LogP contribution in [0.4, 0.5) is 0 Å². The van der Waals surface area contributed by atoms with Crippen LogP contribution in [0.25, 0.3) is 0 Å². The van der Waals surface area contributed by atoms with Gasteiger partial charge in [0, 0.05) is 6.54 Å². The van der Waals surface area contributed by atoms with Crippen molar-refractivity contribution in [1.29, 1.82) is 0 Å². The zero-order valence-electron chi connectivity index (χ0n) is 14.4. The molecule has 0 bridgehead atoms. The van der Waals surface area contributed by atoms with E-state index in [0.717, 1.165) is 44.1 Å². The Morgan fingerprint density at radius 2 is 1.56 bits per heavy atom. The molecule has 5 heteroatoms. The van der Waals surface area contributed by atoms with E-state index in [-0.39, 0.29) is 42.1 Å². The minimum Gasteiger partial charge on any atom is -0.334 e. The number of likely N-dealkylation sites (tertiary alicyclic amines) is 2. The molecule has 25 heavy (non-hydrogen) atoms. The van der Waals surface area contributed by atoms with Crippen LogP contribution in [0.2, 0.25) is 0 Å². The van der Waals surface area contributed by atoms with Crippen LogP contribution in [-0.2, 0) is 14.4 Å². The number of carbonyl (C=O) groups is 3. The number of fused-ring (bicyclic) bond motifs is 1. The predicted molar refractivity (Wildman–Crippen MR) is 92.3 cm³/mol. The smallest absolute Gasteiger partial charge is 0.243 e. The fraction of sp³-hybridized carbons (Fsp3) is 0.550. The first kappa shape index (κ1) is 16.3. The lowest BCUT2D eigenvalue weighted by Crippen LogP contribution is -2.43. The van der Waals surface area contributed by atoms with Gasteiger partial charge in [-0.1, -0.05) is 43.2 Å². The number of amides is 3. The lowest BCUT2D eigenvalue weighted by Gasteiger charge is -2.27. The maximum atomic E-state index is 12.9. The molecule has 2 heterocycles. The molecule has 0 radical (unpaired) electrons. The molecule has 0 N–H and O–H groups in total. The van der Waals surface area contributed by atoms with Crippen LogP contribution in [0.1, 0.15) is 50.1 Å². The fourth-order valence-corrected chi connectivity index (χ4v) is 4.70. The van der Waals surface area contributed by atoms with Crippen molar-refractivity contribution in [2.75, 3.05) is 13.1 Å². The molecular formula is C20H24N2O3. The molecule has 3 aliphatic rings. The highest BCUT2D eigenvalue weighted by molar-refractivity contribution is 6.07. The van der Waals surface area contributed by atoms with Gasteiger partial charge in [-0.05, 0) is 31.2 Å². The van der Waals surface area contributed by atoms with Crippen LogP contribution < -0.4 is 0 Å². The minimum atomic E-state index is -0.183. The van der Waals surface area contributed by atoms with E-state index in [4.69, 9.17) is 0 Å². The molecule has 2 aliphatic heterocycles. The number of hydrogen-bond acceptors (Lipinski definition) is 3. The summed E-state index contributed by atoms with van der Waals surface area (Å²) in [6, 6.07) is 10.1. The number of benzene rings is 1. The lowest BCUT2D eigenvalue weighted by molar-refractivity contribution is -0.147. The number of rotatable bonds is 3. The van der Waals surface area contributed by atoms with E-state index < -0.39 is 0 Å². The highest BCUT2D eigenvalue weighted by Crippen LogP contribution is 2.38. The largest absolute Gasteiger partial charge is 0.334 e. The van der Waals surface area contributed by atoms with Crippen LogP contribution in [0.3, 0.4) is 0 Å². The van der Waals surface area contributed by atoms with Gasteiger partial charge in [0.2, 0.25) is 17.7 Å². The van der Waals surface area contributed by atoms with Crippen molar-refractivity contribution in [3.8, 4) is 0 Å². The number of carbonyl (C=O) groups excluding carboxylic acids is 3. The zero-order valence-corrected chi connectivity index (χ0v) is 14.4. The minimum absolute atomic E-state index is 0.0591. The number of imide groups is 1. The van der Waals surface area contributed by atoms with Crippen LogP contribution >= 0.6 is 0 Å². The molecule has 3 amide bonds. The van der Waals surface area contributed by atoms with Crippen LogP contribution in [-0.4, -0.2) is 40.6 Å². The van der Waals surface area contributed by atoms with E-state index in [2.05, 4.69) is 0 Å². The summed E-state index contributed by atoms with van der Waals surface area (Å²) >= 11 is 0. The van der Waals surface area contributed by atoms with E-state index in [1.807, 2.05) is 35.2 Å². The highest BCUT2D eigenvalue weighted by atomic mass is 16.2. The molecule has 1 aromatic rings. The summed E-state index contributed by atoms with van der Waals surface area (Å²) in [4.78, 5) is 41.1. The Hall–Kier alpha value is -2.17. The van der Waals surface area contributed by atoms with E-state index >= 15 is 0 Å². The lowest BCUT2D eigenvalue weighted by atomic mass is 9.81. The second-order valence-corrected chi connectivity index (χ2v) is 7.42. The van der Waals surface area contributed by atoms with Crippen molar-refractivity contribution in [2.45, 2.75) is 44.6 Å². The molecule has 1 saturated carbocycles. The third-order valence-corrected chi connectivity index (χ3v) is 5.98. The Morgan fingerprint density at radius 1 is 0.920 bits per heavy atom. The first-order valence-electron chi connectivity index (χ1n) is 9.36. The SMILES string of the molecule is O=C1[C@H]2CCCC[C@H]2C(=O)N1CC(=O)N1CCC[C@H]1c1ccccc1.